The molecule has 0 bridgehead atoms. The second-order valence-corrected chi connectivity index (χ2v) is 8.34. The van der Waals surface area contributed by atoms with Crippen LogP contribution in [0.25, 0.3) is 11.0 Å². The van der Waals surface area contributed by atoms with Crippen LogP contribution in [-0.2, 0) is 11.2 Å². The van der Waals surface area contributed by atoms with Crippen LogP contribution in [-0.4, -0.2) is 67.3 Å². The maximum absolute atomic E-state index is 5.53. The number of hydrogen-bond acceptors (Lipinski definition) is 5. The summed E-state index contributed by atoms with van der Waals surface area (Å²) >= 11 is 1.81. The summed E-state index contributed by atoms with van der Waals surface area (Å²) in [4.78, 5) is 16.3. The van der Waals surface area contributed by atoms with E-state index < -0.39 is 0 Å². The van der Waals surface area contributed by atoms with Crippen LogP contribution in [0.15, 0.2) is 46.8 Å². The first kappa shape index (κ1) is 20.8. The number of aryl methyl sites for hydroxylation is 1. The Balaban J connectivity index is 1.25. The number of fused-ring (bicyclic) bond motifs is 1. The molecule has 160 valence electrons. The number of thiophene rings is 1. The van der Waals surface area contributed by atoms with Gasteiger partial charge in [0, 0.05) is 44.5 Å². The predicted octanol–water partition coefficient (Wildman–Crippen LogP) is 2.80. The van der Waals surface area contributed by atoms with Crippen LogP contribution >= 0.6 is 11.3 Å². The molecule has 0 saturated carbocycles. The molecule has 3 N–H and O–H groups in total. The fourth-order valence-corrected chi connectivity index (χ4v) is 4.64. The van der Waals surface area contributed by atoms with Crippen LogP contribution in [0.2, 0.25) is 0 Å². The first-order valence-corrected chi connectivity index (χ1v) is 11.4. The van der Waals surface area contributed by atoms with E-state index in [1.807, 2.05) is 36.6 Å². The summed E-state index contributed by atoms with van der Waals surface area (Å²) in [5.74, 6) is 1.88. The van der Waals surface area contributed by atoms with Gasteiger partial charge in [-0.1, -0.05) is 18.2 Å². The highest BCUT2D eigenvalue weighted by molar-refractivity contribution is 7.10. The summed E-state index contributed by atoms with van der Waals surface area (Å²) in [5.41, 5.74) is 2.13. The lowest BCUT2D eigenvalue weighted by molar-refractivity contribution is 0.0177. The molecule has 1 aromatic carbocycles. The molecular weight excluding hydrogens is 396 g/mol. The third kappa shape index (κ3) is 5.38. The third-order valence-electron chi connectivity index (χ3n) is 5.37. The van der Waals surface area contributed by atoms with Gasteiger partial charge in [-0.3, -0.25) is 9.89 Å². The van der Waals surface area contributed by atoms with Gasteiger partial charge in [0.15, 0.2) is 5.96 Å². The molecule has 1 aliphatic heterocycles. The highest BCUT2D eigenvalue weighted by Crippen LogP contribution is 2.25. The van der Waals surface area contributed by atoms with Crippen LogP contribution in [0.5, 0.6) is 0 Å². The Labute approximate surface area is 181 Å². The molecule has 3 aromatic rings. The minimum Gasteiger partial charge on any atom is -0.379 e. The molecule has 0 spiro atoms. The number of imidazole rings is 1. The highest BCUT2D eigenvalue weighted by Gasteiger charge is 2.23. The number of H-pyrrole nitrogens is 1. The number of aromatic amines is 1. The standard InChI is InChI=1S/C22H30N6OS/c1-23-22(24-10-4-9-21-26-17-6-2-3-7-18(17)27-21)25-16-19(20-8-5-15-30-20)28-11-13-29-14-12-28/h2-3,5-8,15,19H,4,9-14,16H2,1H3,(H,26,27)(H2,23,24,25). The van der Waals surface area contributed by atoms with Crippen molar-refractivity contribution in [2.24, 2.45) is 4.99 Å². The van der Waals surface area contributed by atoms with E-state index in [0.717, 1.165) is 75.1 Å². The quantitative estimate of drug-likeness (QED) is 0.293. The number of benzene rings is 1. The third-order valence-corrected chi connectivity index (χ3v) is 6.34. The number of morpholine rings is 1. The molecule has 7 nitrogen and oxygen atoms in total. The summed E-state index contributed by atoms with van der Waals surface area (Å²) in [6.07, 6.45) is 1.89. The summed E-state index contributed by atoms with van der Waals surface area (Å²) in [6.45, 7) is 5.20. The average molecular weight is 427 g/mol. The van der Waals surface area contributed by atoms with E-state index in [1.165, 1.54) is 4.88 Å². The van der Waals surface area contributed by atoms with Crippen LogP contribution in [0.1, 0.15) is 23.2 Å². The number of para-hydroxylation sites is 2. The first-order valence-electron chi connectivity index (χ1n) is 10.6. The average Bonchev–Trinajstić information content (AvgIpc) is 3.46. The van der Waals surface area contributed by atoms with Crippen molar-refractivity contribution in [3.63, 3.8) is 0 Å². The minimum absolute atomic E-state index is 0.336. The summed E-state index contributed by atoms with van der Waals surface area (Å²) in [7, 11) is 1.82. The summed E-state index contributed by atoms with van der Waals surface area (Å²) in [6, 6.07) is 12.8. The number of aliphatic imine (C=N–C) groups is 1. The van der Waals surface area contributed by atoms with E-state index in [9.17, 15) is 0 Å². The maximum Gasteiger partial charge on any atom is 0.191 e. The molecule has 0 radical (unpaired) electrons. The normalized spacial score (nSPS) is 16.6. The maximum atomic E-state index is 5.53. The SMILES string of the molecule is CN=C(NCCCc1nc2ccccc2[nH]1)NCC(c1cccs1)N1CCOCC1. The molecule has 3 heterocycles. The van der Waals surface area contributed by atoms with Crippen molar-refractivity contribution in [2.45, 2.75) is 18.9 Å². The Morgan fingerprint density at radius 2 is 2.10 bits per heavy atom. The number of guanidine groups is 1. The predicted molar refractivity (Wildman–Crippen MR) is 123 cm³/mol. The lowest BCUT2D eigenvalue weighted by Crippen LogP contribution is -2.46. The van der Waals surface area contributed by atoms with Crippen molar-refractivity contribution in [1.29, 1.82) is 0 Å². The molecule has 30 heavy (non-hydrogen) atoms. The molecule has 8 heteroatoms. The van der Waals surface area contributed by atoms with Crippen molar-refractivity contribution in [1.82, 2.24) is 25.5 Å². The molecule has 0 amide bonds. The Morgan fingerprint density at radius 1 is 1.23 bits per heavy atom. The van der Waals surface area contributed by atoms with Crippen molar-refractivity contribution in [3.05, 3.63) is 52.5 Å². The Morgan fingerprint density at radius 3 is 2.87 bits per heavy atom. The summed E-state index contributed by atoms with van der Waals surface area (Å²) < 4.78 is 5.53. The summed E-state index contributed by atoms with van der Waals surface area (Å²) in [5, 5.41) is 9.10. The van der Waals surface area contributed by atoms with E-state index >= 15 is 0 Å². The lowest BCUT2D eigenvalue weighted by atomic mass is 10.2. The monoisotopic (exact) mass is 426 g/mol. The van der Waals surface area contributed by atoms with Gasteiger partial charge in [-0.05, 0) is 30.0 Å². The van der Waals surface area contributed by atoms with Crippen LogP contribution in [0.3, 0.4) is 0 Å². The zero-order chi connectivity index (χ0) is 20.6. The molecule has 0 aliphatic carbocycles. The van der Waals surface area contributed by atoms with Crippen LogP contribution in [0, 0.1) is 0 Å². The van der Waals surface area contributed by atoms with Gasteiger partial charge in [-0.25, -0.2) is 4.98 Å². The first-order chi connectivity index (χ1) is 14.8. The van der Waals surface area contributed by atoms with Crippen molar-refractivity contribution in [2.75, 3.05) is 46.4 Å². The van der Waals surface area contributed by atoms with Gasteiger partial charge in [0.25, 0.3) is 0 Å². The van der Waals surface area contributed by atoms with Crippen molar-refractivity contribution < 1.29 is 4.74 Å². The second-order valence-electron chi connectivity index (χ2n) is 7.36. The van der Waals surface area contributed by atoms with Gasteiger partial charge in [-0.15, -0.1) is 11.3 Å². The van der Waals surface area contributed by atoms with Gasteiger partial charge in [0.2, 0.25) is 0 Å². The molecule has 1 unspecified atom stereocenters. The van der Waals surface area contributed by atoms with Gasteiger partial charge >= 0.3 is 0 Å². The number of nitrogens with one attached hydrogen (secondary N) is 3. The Bertz CT molecular complexity index is 899. The molecular formula is C22H30N6OS. The minimum atomic E-state index is 0.336. The zero-order valence-corrected chi connectivity index (χ0v) is 18.3. The fourth-order valence-electron chi connectivity index (χ4n) is 3.78. The van der Waals surface area contributed by atoms with E-state index in [2.05, 4.69) is 54.1 Å². The van der Waals surface area contributed by atoms with Gasteiger partial charge in [-0.2, -0.15) is 0 Å². The topological polar surface area (TPSA) is 77.6 Å². The van der Waals surface area contributed by atoms with Crippen LogP contribution < -0.4 is 10.6 Å². The Kier molecular flexibility index (Phi) is 7.34. The smallest absolute Gasteiger partial charge is 0.191 e. The van der Waals surface area contributed by atoms with Gasteiger partial charge in [0.1, 0.15) is 5.82 Å². The molecule has 2 aromatic heterocycles. The molecule has 1 aliphatic rings. The highest BCUT2D eigenvalue weighted by atomic mass is 32.1. The number of nitrogens with zero attached hydrogens (tertiary/aromatic N) is 3. The zero-order valence-electron chi connectivity index (χ0n) is 17.4. The van der Waals surface area contributed by atoms with Gasteiger partial charge < -0.3 is 20.4 Å². The van der Waals surface area contributed by atoms with E-state index in [1.54, 1.807) is 0 Å². The fraction of sp³-hybridized carbons (Fsp3) is 0.455. The lowest BCUT2D eigenvalue weighted by Gasteiger charge is -2.34. The molecule has 1 fully saturated rings. The van der Waals surface area contributed by atoms with E-state index in [4.69, 9.17) is 4.74 Å². The number of aromatic nitrogens is 2. The molecule has 1 atom stereocenters. The number of rotatable bonds is 8. The van der Waals surface area contributed by atoms with E-state index in [0.29, 0.717) is 6.04 Å². The number of hydrogen-bond donors (Lipinski definition) is 3. The number of ether oxygens (including phenoxy) is 1. The van der Waals surface area contributed by atoms with Crippen molar-refractivity contribution in [3.8, 4) is 0 Å². The van der Waals surface area contributed by atoms with Gasteiger partial charge in [0.05, 0.1) is 30.3 Å². The molecule has 1 saturated heterocycles. The Hall–Kier alpha value is -2.42. The van der Waals surface area contributed by atoms with E-state index in [-0.39, 0.29) is 0 Å². The largest absolute Gasteiger partial charge is 0.379 e. The molecule has 4 rings (SSSR count). The van der Waals surface area contributed by atoms with Crippen molar-refractivity contribution >= 4 is 28.3 Å². The van der Waals surface area contributed by atoms with Crippen LogP contribution in [0.4, 0.5) is 0 Å². The second kappa shape index (κ2) is 10.6.